The molecule has 0 saturated heterocycles. The third kappa shape index (κ3) is 3.23. The number of nitrogens with one attached hydrogen (secondary N) is 1. The zero-order valence-corrected chi connectivity index (χ0v) is 12.2. The van der Waals surface area contributed by atoms with Gasteiger partial charge in [0.25, 0.3) is 0 Å². The molecule has 1 amide bonds. The predicted octanol–water partition coefficient (Wildman–Crippen LogP) is 2.26. The molecule has 1 N–H and O–H groups in total. The standard InChI is InChI=1S/C15H20N4O/c1-4-13-11(2)15(19(3)18-13)17-14(20)6-5-12-7-9-16-10-8-12/h7-10H,4-6H2,1-3H3,(H,17,20). The summed E-state index contributed by atoms with van der Waals surface area (Å²) in [5.74, 6) is 0.803. The van der Waals surface area contributed by atoms with Crippen molar-refractivity contribution in [3.63, 3.8) is 0 Å². The Morgan fingerprint density at radius 3 is 2.65 bits per heavy atom. The molecule has 0 spiro atoms. The van der Waals surface area contributed by atoms with E-state index in [9.17, 15) is 4.79 Å². The van der Waals surface area contributed by atoms with E-state index in [2.05, 4.69) is 22.3 Å². The summed E-state index contributed by atoms with van der Waals surface area (Å²) < 4.78 is 1.73. The molecule has 2 rings (SSSR count). The maximum atomic E-state index is 12.0. The number of aromatic nitrogens is 3. The van der Waals surface area contributed by atoms with Gasteiger partial charge in [0, 0.05) is 31.4 Å². The highest BCUT2D eigenvalue weighted by molar-refractivity contribution is 5.90. The monoisotopic (exact) mass is 272 g/mol. The van der Waals surface area contributed by atoms with Crippen LogP contribution in [0.3, 0.4) is 0 Å². The highest BCUT2D eigenvalue weighted by Gasteiger charge is 2.13. The second kappa shape index (κ2) is 6.32. The van der Waals surface area contributed by atoms with Crippen LogP contribution in [-0.2, 0) is 24.7 Å². The third-order valence-electron chi connectivity index (χ3n) is 3.37. The van der Waals surface area contributed by atoms with Crippen molar-refractivity contribution in [1.29, 1.82) is 0 Å². The first-order valence-corrected chi connectivity index (χ1v) is 6.83. The molecule has 2 aromatic heterocycles. The molecular weight excluding hydrogens is 252 g/mol. The van der Waals surface area contributed by atoms with Crippen molar-refractivity contribution in [3.05, 3.63) is 41.3 Å². The summed E-state index contributed by atoms with van der Waals surface area (Å²) in [6, 6.07) is 3.86. The minimum atomic E-state index is 0.00978. The highest BCUT2D eigenvalue weighted by Crippen LogP contribution is 2.18. The molecule has 0 aliphatic rings. The highest BCUT2D eigenvalue weighted by atomic mass is 16.1. The van der Waals surface area contributed by atoms with Crippen LogP contribution in [0.1, 0.15) is 30.2 Å². The van der Waals surface area contributed by atoms with Gasteiger partial charge in [-0.25, -0.2) is 0 Å². The summed E-state index contributed by atoms with van der Waals surface area (Å²) in [6.07, 6.45) is 5.52. The molecule has 0 aliphatic carbocycles. The molecule has 0 unspecified atom stereocenters. The molecule has 0 atom stereocenters. The largest absolute Gasteiger partial charge is 0.311 e. The Labute approximate surface area is 119 Å². The SMILES string of the molecule is CCc1nn(C)c(NC(=O)CCc2ccncc2)c1C. The van der Waals surface area contributed by atoms with Gasteiger partial charge in [-0.15, -0.1) is 0 Å². The van der Waals surface area contributed by atoms with Crippen molar-refractivity contribution in [3.8, 4) is 0 Å². The van der Waals surface area contributed by atoms with E-state index in [1.54, 1.807) is 17.1 Å². The van der Waals surface area contributed by atoms with Crippen molar-refractivity contribution in [2.75, 3.05) is 5.32 Å². The van der Waals surface area contributed by atoms with Crippen LogP contribution in [-0.4, -0.2) is 20.7 Å². The minimum absolute atomic E-state index is 0.00978. The maximum Gasteiger partial charge on any atom is 0.225 e. The Morgan fingerprint density at radius 2 is 2.05 bits per heavy atom. The molecule has 0 bridgehead atoms. The van der Waals surface area contributed by atoms with E-state index in [0.717, 1.165) is 29.1 Å². The normalized spacial score (nSPS) is 10.6. The van der Waals surface area contributed by atoms with Crippen molar-refractivity contribution in [2.24, 2.45) is 7.05 Å². The third-order valence-corrected chi connectivity index (χ3v) is 3.37. The Balaban J connectivity index is 1.97. The van der Waals surface area contributed by atoms with E-state index in [-0.39, 0.29) is 5.91 Å². The van der Waals surface area contributed by atoms with Crippen LogP contribution in [0.15, 0.2) is 24.5 Å². The van der Waals surface area contributed by atoms with E-state index in [4.69, 9.17) is 0 Å². The number of pyridine rings is 1. The fraction of sp³-hybridized carbons (Fsp3) is 0.400. The van der Waals surface area contributed by atoms with Crippen molar-refractivity contribution < 1.29 is 4.79 Å². The molecule has 0 fully saturated rings. The van der Waals surface area contributed by atoms with Gasteiger partial charge in [-0.2, -0.15) is 5.10 Å². The molecule has 20 heavy (non-hydrogen) atoms. The summed E-state index contributed by atoms with van der Waals surface area (Å²) in [5, 5.41) is 7.34. The molecule has 0 aromatic carbocycles. The van der Waals surface area contributed by atoms with E-state index in [1.165, 1.54) is 0 Å². The number of anilines is 1. The van der Waals surface area contributed by atoms with Crippen LogP contribution >= 0.6 is 0 Å². The number of carbonyl (C=O) groups is 1. The zero-order chi connectivity index (χ0) is 14.5. The second-order valence-corrected chi connectivity index (χ2v) is 4.80. The summed E-state index contributed by atoms with van der Waals surface area (Å²) >= 11 is 0. The lowest BCUT2D eigenvalue weighted by molar-refractivity contribution is -0.116. The second-order valence-electron chi connectivity index (χ2n) is 4.80. The molecule has 0 saturated carbocycles. The van der Waals surface area contributed by atoms with Crippen molar-refractivity contribution in [2.45, 2.75) is 33.1 Å². The lowest BCUT2D eigenvalue weighted by Crippen LogP contribution is -2.15. The average Bonchev–Trinajstić information content (AvgIpc) is 2.73. The lowest BCUT2D eigenvalue weighted by atomic mass is 10.1. The van der Waals surface area contributed by atoms with E-state index >= 15 is 0 Å². The molecule has 5 nitrogen and oxygen atoms in total. The first-order valence-electron chi connectivity index (χ1n) is 6.83. The summed E-state index contributed by atoms with van der Waals surface area (Å²) in [5.41, 5.74) is 3.19. The zero-order valence-electron chi connectivity index (χ0n) is 12.2. The molecule has 106 valence electrons. The predicted molar refractivity (Wildman–Crippen MR) is 78.5 cm³/mol. The van der Waals surface area contributed by atoms with Gasteiger partial charge in [0.05, 0.1) is 5.69 Å². The minimum Gasteiger partial charge on any atom is -0.311 e. The molecule has 5 heteroatoms. The number of carbonyl (C=O) groups excluding carboxylic acids is 1. The molecule has 0 aliphatic heterocycles. The lowest BCUT2D eigenvalue weighted by Gasteiger charge is -2.06. The van der Waals surface area contributed by atoms with Gasteiger partial charge in [0.15, 0.2) is 0 Å². The average molecular weight is 272 g/mol. The van der Waals surface area contributed by atoms with E-state index in [1.807, 2.05) is 26.1 Å². The molecule has 2 heterocycles. The van der Waals surface area contributed by atoms with Gasteiger partial charge in [-0.05, 0) is 37.5 Å². The number of hydrogen-bond donors (Lipinski definition) is 1. The fourth-order valence-corrected chi connectivity index (χ4v) is 2.20. The van der Waals surface area contributed by atoms with Gasteiger partial charge < -0.3 is 5.32 Å². The van der Waals surface area contributed by atoms with Gasteiger partial charge >= 0.3 is 0 Å². The Bertz CT molecular complexity index is 589. The van der Waals surface area contributed by atoms with Crippen LogP contribution in [0.5, 0.6) is 0 Å². The van der Waals surface area contributed by atoms with E-state index < -0.39 is 0 Å². The number of amides is 1. The number of aryl methyl sites for hydroxylation is 3. The Kier molecular flexibility index (Phi) is 4.50. The van der Waals surface area contributed by atoms with E-state index in [0.29, 0.717) is 12.8 Å². The Hall–Kier alpha value is -2.17. The Morgan fingerprint density at radius 1 is 1.35 bits per heavy atom. The van der Waals surface area contributed by atoms with Crippen LogP contribution < -0.4 is 5.32 Å². The van der Waals surface area contributed by atoms with Crippen molar-refractivity contribution >= 4 is 11.7 Å². The molecular formula is C15H20N4O. The summed E-state index contributed by atoms with van der Waals surface area (Å²) in [6.45, 7) is 4.05. The summed E-state index contributed by atoms with van der Waals surface area (Å²) in [4.78, 5) is 16.0. The topological polar surface area (TPSA) is 59.8 Å². The smallest absolute Gasteiger partial charge is 0.225 e. The number of hydrogen-bond acceptors (Lipinski definition) is 3. The maximum absolute atomic E-state index is 12.0. The van der Waals surface area contributed by atoms with Crippen LogP contribution in [0.4, 0.5) is 5.82 Å². The molecule has 0 radical (unpaired) electrons. The van der Waals surface area contributed by atoms with Crippen LogP contribution in [0.25, 0.3) is 0 Å². The number of rotatable bonds is 5. The van der Waals surface area contributed by atoms with Crippen molar-refractivity contribution in [1.82, 2.24) is 14.8 Å². The van der Waals surface area contributed by atoms with Gasteiger partial charge in [-0.3, -0.25) is 14.5 Å². The fourth-order valence-electron chi connectivity index (χ4n) is 2.20. The quantitative estimate of drug-likeness (QED) is 0.908. The number of nitrogens with zero attached hydrogens (tertiary/aromatic N) is 3. The van der Waals surface area contributed by atoms with Gasteiger partial charge in [-0.1, -0.05) is 6.92 Å². The van der Waals surface area contributed by atoms with Crippen LogP contribution in [0.2, 0.25) is 0 Å². The first kappa shape index (κ1) is 14.2. The molecule has 2 aromatic rings. The first-order chi connectivity index (χ1) is 9.61. The van der Waals surface area contributed by atoms with Gasteiger partial charge in [0.2, 0.25) is 5.91 Å². The summed E-state index contributed by atoms with van der Waals surface area (Å²) in [7, 11) is 1.85. The van der Waals surface area contributed by atoms with Crippen LogP contribution in [0, 0.1) is 6.92 Å². The van der Waals surface area contributed by atoms with Gasteiger partial charge in [0.1, 0.15) is 5.82 Å².